The zero-order valence-corrected chi connectivity index (χ0v) is 13.2. The minimum Gasteiger partial charge on any atom is -0.372 e. The molecule has 0 aliphatic carbocycles. The summed E-state index contributed by atoms with van der Waals surface area (Å²) in [5.41, 5.74) is 4.05. The zero-order valence-electron chi connectivity index (χ0n) is 13.2. The smallest absolute Gasteiger partial charge is 0.0366 e. The van der Waals surface area contributed by atoms with Gasteiger partial charge in [0.25, 0.3) is 0 Å². The molecule has 0 radical (unpaired) electrons. The van der Waals surface area contributed by atoms with E-state index in [0.29, 0.717) is 0 Å². The molecule has 2 heteroatoms. The maximum Gasteiger partial charge on any atom is 0.0366 e. The average molecular weight is 282 g/mol. The van der Waals surface area contributed by atoms with Gasteiger partial charge in [-0.3, -0.25) is 0 Å². The van der Waals surface area contributed by atoms with Crippen LogP contribution >= 0.6 is 0 Å². The normalized spacial score (nSPS) is 10.6. The Morgan fingerprint density at radius 3 is 2.10 bits per heavy atom. The first-order chi connectivity index (χ1) is 10.3. The minimum atomic E-state index is 0.936. The Hall–Kier alpha value is -1.80. The van der Waals surface area contributed by atoms with E-state index in [1.54, 1.807) is 0 Å². The van der Waals surface area contributed by atoms with Gasteiger partial charge in [0.1, 0.15) is 0 Å². The van der Waals surface area contributed by atoms with Crippen LogP contribution in [0.2, 0.25) is 0 Å². The lowest BCUT2D eigenvalue weighted by Crippen LogP contribution is -2.21. The van der Waals surface area contributed by atoms with Gasteiger partial charge in [0.15, 0.2) is 0 Å². The largest absolute Gasteiger partial charge is 0.372 e. The third-order valence-corrected chi connectivity index (χ3v) is 3.83. The van der Waals surface area contributed by atoms with E-state index < -0.39 is 0 Å². The summed E-state index contributed by atoms with van der Waals surface area (Å²) < 4.78 is 0. The molecule has 0 saturated heterocycles. The van der Waals surface area contributed by atoms with Gasteiger partial charge in [-0.25, -0.2) is 0 Å². The number of rotatable bonds is 8. The highest BCUT2D eigenvalue weighted by molar-refractivity contribution is 5.47. The predicted octanol–water partition coefficient (Wildman–Crippen LogP) is 3.87. The van der Waals surface area contributed by atoms with Crippen molar-refractivity contribution in [3.63, 3.8) is 0 Å². The molecule has 2 aromatic carbocycles. The summed E-state index contributed by atoms with van der Waals surface area (Å²) in [6, 6.07) is 19.5. The van der Waals surface area contributed by atoms with Crippen molar-refractivity contribution >= 4 is 5.69 Å². The molecule has 2 rings (SSSR count). The van der Waals surface area contributed by atoms with Crippen LogP contribution in [0.1, 0.15) is 25.0 Å². The van der Waals surface area contributed by atoms with Crippen molar-refractivity contribution in [3.05, 3.63) is 65.7 Å². The second-order valence-corrected chi connectivity index (χ2v) is 5.25. The van der Waals surface area contributed by atoms with Crippen LogP contribution < -0.4 is 10.2 Å². The number of hydrogen-bond acceptors (Lipinski definition) is 2. The Morgan fingerprint density at radius 2 is 1.48 bits per heavy atom. The summed E-state index contributed by atoms with van der Waals surface area (Å²) in [6.07, 6.45) is 1.08. The second-order valence-electron chi connectivity index (χ2n) is 5.25. The fourth-order valence-electron chi connectivity index (χ4n) is 2.52. The van der Waals surface area contributed by atoms with E-state index in [1.807, 2.05) is 0 Å². The Morgan fingerprint density at radius 1 is 0.810 bits per heavy atom. The van der Waals surface area contributed by atoms with Crippen molar-refractivity contribution < 1.29 is 0 Å². The Kier molecular flexibility index (Phi) is 6.29. The quantitative estimate of drug-likeness (QED) is 0.740. The van der Waals surface area contributed by atoms with Crippen LogP contribution in [0.5, 0.6) is 0 Å². The van der Waals surface area contributed by atoms with Gasteiger partial charge in [0.2, 0.25) is 0 Å². The summed E-state index contributed by atoms with van der Waals surface area (Å²) in [6.45, 7) is 8.47. The summed E-state index contributed by atoms with van der Waals surface area (Å²) in [7, 11) is 0. The van der Waals surface area contributed by atoms with E-state index in [4.69, 9.17) is 0 Å². The summed E-state index contributed by atoms with van der Waals surface area (Å²) in [5.74, 6) is 0. The Labute approximate surface area is 128 Å². The number of benzene rings is 2. The van der Waals surface area contributed by atoms with E-state index in [-0.39, 0.29) is 0 Å². The van der Waals surface area contributed by atoms with Gasteiger partial charge in [-0.05, 0) is 50.1 Å². The molecule has 0 fully saturated rings. The van der Waals surface area contributed by atoms with Crippen molar-refractivity contribution in [2.75, 3.05) is 24.5 Å². The molecular weight excluding hydrogens is 256 g/mol. The molecule has 0 atom stereocenters. The molecule has 0 spiro atoms. The number of nitrogens with zero attached hydrogens (tertiary/aromatic N) is 1. The molecule has 2 aromatic rings. The Balaban J connectivity index is 1.76. The molecular formula is C19H26N2. The maximum atomic E-state index is 3.51. The van der Waals surface area contributed by atoms with Crippen LogP contribution in [0.15, 0.2) is 54.6 Å². The van der Waals surface area contributed by atoms with Gasteiger partial charge >= 0.3 is 0 Å². The zero-order chi connectivity index (χ0) is 14.9. The number of nitrogens with one attached hydrogen (secondary N) is 1. The molecule has 0 aromatic heterocycles. The van der Waals surface area contributed by atoms with Gasteiger partial charge in [0, 0.05) is 25.3 Å². The van der Waals surface area contributed by atoms with Gasteiger partial charge < -0.3 is 10.2 Å². The maximum absolute atomic E-state index is 3.51. The average Bonchev–Trinajstić information content (AvgIpc) is 2.55. The van der Waals surface area contributed by atoms with Gasteiger partial charge in [-0.1, -0.05) is 42.5 Å². The molecule has 0 aliphatic heterocycles. The van der Waals surface area contributed by atoms with Crippen molar-refractivity contribution in [1.82, 2.24) is 5.32 Å². The lowest BCUT2D eigenvalue weighted by atomic mass is 10.1. The van der Waals surface area contributed by atoms with Gasteiger partial charge in [0.05, 0.1) is 0 Å². The highest BCUT2D eigenvalue weighted by Gasteiger charge is 2.01. The third kappa shape index (κ3) is 4.91. The molecule has 0 aliphatic rings. The molecule has 112 valence electrons. The van der Waals surface area contributed by atoms with Crippen LogP contribution in [0.4, 0.5) is 5.69 Å². The molecule has 0 unspecified atom stereocenters. The standard InChI is InChI=1S/C19H26N2/c1-3-21(4-2)19-12-10-18(11-13-19)16-20-15-14-17-8-6-5-7-9-17/h5-13,20H,3-4,14-16H2,1-2H3. The first-order valence-electron chi connectivity index (χ1n) is 7.92. The van der Waals surface area contributed by atoms with Gasteiger partial charge in [-0.15, -0.1) is 0 Å². The van der Waals surface area contributed by atoms with E-state index in [0.717, 1.165) is 32.6 Å². The summed E-state index contributed by atoms with van der Waals surface area (Å²) >= 11 is 0. The first-order valence-corrected chi connectivity index (χ1v) is 7.92. The monoisotopic (exact) mass is 282 g/mol. The van der Waals surface area contributed by atoms with E-state index >= 15 is 0 Å². The van der Waals surface area contributed by atoms with Crippen LogP contribution in [0, 0.1) is 0 Å². The predicted molar refractivity (Wildman–Crippen MR) is 91.9 cm³/mol. The second kappa shape index (κ2) is 8.48. The first kappa shape index (κ1) is 15.6. The topological polar surface area (TPSA) is 15.3 Å². The fourth-order valence-corrected chi connectivity index (χ4v) is 2.52. The van der Waals surface area contributed by atoms with E-state index in [2.05, 4.69) is 78.7 Å². The summed E-state index contributed by atoms with van der Waals surface area (Å²) in [5, 5.41) is 3.51. The van der Waals surface area contributed by atoms with Crippen LogP contribution in [0.25, 0.3) is 0 Å². The van der Waals surface area contributed by atoms with Crippen molar-refractivity contribution in [1.29, 1.82) is 0 Å². The SMILES string of the molecule is CCN(CC)c1ccc(CNCCc2ccccc2)cc1. The van der Waals surface area contributed by atoms with E-state index in [1.165, 1.54) is 16.8 Å². The fraction of sp³-hybridized carbons (Fsp3) is 0.368. The molecule has 21 heavy (non-hydrogen) atoms. The minimum absolute atomic E-state index is 0.936. The molecule has 0 amide bonds. The molecule has 0 bridgehead atoms. The van der Waals surface area contributed by atoms with Crippen LogP contribution in [0.3, 0.4) is 0 Å². The highest BCUT2D eigenvalue weighted by atomic mass is 15.1. The molecule has 1 N–H and O–H groups in total. The van der Waals surface area contributed by atoms with Crippen LogP contribution in [-0.4, -0.2) is 19.6 Å². The van der Waals surface area contributed by atoms with Crippen LogP contribution in [-0.2, 0) is 13.0 Å². The molecule has 2 nitrogen and oxygen atoms in total. The van der Waals surface area contributed by atoms with Crippen molar-refractivity contribution in [3.8, 4) is 0 Å². The molecule has 0 heterocycles. The van der Waals surface area contributed by atoms with Crippen molar-refractivity contribution in [2.45, 2.75) is 26.8 Å². The highest BCUT2D eigenvalue weighted by Crippen LogP contribution is 2.14. The number of hydrogen-bond donors (Lipinski definition) is 1. The van der Waals surface area contributed by atoms with Gasteiger partial charge in [-0.2, -0.15) is 0 Å². The summed E-state index contributed by atoms with van der Waals surface area (Å²) in [4.78, 5) is 2.37. The third-order valence-electron chi connectivity index (χ3n) is 3.83. The van der Waals surface area contributed by atoms with Crippen molar-refractivity contribution in [2.24, 2.45) is 0 Å². The lowest BCUT2D eigenvalue weighted by molar-refractivity contribution is 0.687. The molecule has 0 saturated carbocycles. The number of anilines is 1. The lowest BCUT2D eigenvalue weighted by Gasteiger charge is -2.21. The van der Waals surface area contributed by atoms with E-state index in [9.17, 15) is 0 Å². The Bertz CT molecular complexity index is 501.